The van der Waals surface area contributed by atoms with Gasteiger partial charge in [0.15, 0.2) is 0 Å². The Hall–Kier alpha value is -1.33. The molecule has 0 saturated carbocycles. The molecule has 0 fully saturated rings. The van der Waals surface area contributed by atoms with Gasteiger partial charge in [0.2, 0.25) is 9.84 Å². The summed E-state index contributed by atoms with van der Waals surface area (Å²) in [6.45, 7) is -0.0161. The lowest BCUT2D eigenvalue weighted by Gasteiger charge is -2.00. The highest BCUT2D eigenvalue weighted by Crippen LogP contribution is 2.34. The van der Waals surface area contributed by atoms with Crippen LogP contribution in [0.15, 0.2) is 28.0 Å². The van der Waals surface area contributed by atoms with Gasteiger partial charge in [-0.15, -0.1) is 0 Å². The van der Waals surface area contributed by atoms with Crippen molar-refractivity contribution in [3.63, 3.8) is 0 Å². The number of nitrogens with two attached hydrogens (primary N) is 1. The van der Waals surface area contributed by atoms with Crippen molar-refractivity contribution in [2.75, 3.05) is 6.54 Å². The summed E-state index contributed by atoms with van der Waals surface area (Å²) in [6, 6.07) is 4.25. The topological polar surface area (TPSA) is 80.4 Å². The van der Waals surface area contributed by atoms with Crippen molar-refractivity contribution in [2.24, 2.45) is 5.73 Å². The lowest BCUT2D eigenvalue weighted by Crippen LogP contribution is -2.10. The minimum atomic E-state index is -3.44. The van der Waals surface area contributed by atoms with Gasteiger partial charge in [0.05, 0.1) is 9.80 Å². The van der Waals surface area contributed by atoms with Crippen LogP contribution in [0.25, 0.3) is 6.08 Å². The predicted molar refractivity (Wildman–Crippen MR) is 52.3 cm³/mol. The molecule has 0 amide bonds. The highest BCUT2D eigenvalue weighted by atomic mass is 32.2. The standard InChI is InChI=1S/C9H9NO3S/c10-5-8-3-6-1-2-7(11)4-9(6)14(8,12)13/h1-4,11H,5,10H2. The molecule has 0 aromatic heterocycles. The van der Waals surface area contributed by atoms with Crippen molar-refractivity contribution >= 4 is 15.9 Å². The van der Waals surface area contributed by atoms with Crippen LogP contribution in [-0.4, -0.2) is 20.1 Å². The zero-order valence-electron chi connectivity index (χ0n) is 7.27. The molecule has 74 valence electrons. The van der Waals surface area contributed by atoms with Crippen LogP contribution in [0.5, 0.6) is 5.75 Å². The second kappa shape index (κ2) is 2.83. The van der Waals surface area contributed by atoms with Crippen LogP contribution in [-0.2, 0) is 9.84 Å². The van der Waals surface area contributed by atoms with Crippen molar-refractivity contribution in [2.45, 2.75) is 4.90 Å². The zero-order chi connectivity index (χ0) is 10.3. The van der Waals surface area contributed by atoms with Gasteiger partial charge in [0, 0.05) is 6.54 Å². The van der Waals surface area contributed by atoms with Gasteiger partial charge in [-0.3, -0.25) is 0 Å². The molecule has 0 saturated heterocycles. The van der Waals surface area contributed by atoms with E-state index in [4.69, 9.17) is 10.8 Å². The SMILES string of the molecule is NCC1=Cc2ccc(O)cc2S1(=O)=O. The van der Waals surface area contributed by atoms with Gasteiger partial charge in [-0.05, 0) is 29.8 Å². The van der Waals surface area contributed by atoms with E-state index < -0.39 is 9.84 Å². The monoisotopic (exact) mass is 211 g/mol. The van der Waals surface area contributed by atoms with Crippen LogP contribution < -0.4 is 5.73 Å². The maximum absolute atomic E-state index is 11.7. The van der Waals surface area contributed by atoms with Gasteiger partial charge < -0.3 is 10.8 Å². The van der Waals surface area contributed by atoms with Crippen LogP contribution in [0, 0.1) is 0 Å². The fourth-order valence-corrected chi connectivity index (χ4v) is 2.93. The second-order valence-corrected chi connectivity index (χ2v) is 5.01. The summed E-state index contributed by atoms with van der Waals surface area (Å²) in [6.07, 6.45) is 1.53. The number of phenolic OH excluding ortho intramolecular Hbond substituents is 1. The van der Waals surface area contributed by atoms with E-state index in [1.165, 1.54) is 18.2 Å². The first-order valence-corrected chi connectivity index (χ1v) is 5.53. The smallest absolute Gasteiger partial charge is 0.204 e. The minimum Gasteiger partial charge on any atom is -0.508 e. The molecule has 1 aliphatic heterocycles. The highest BCUT2D eigenvalue weighted by Gasteiger charge is 2.28. The molecule has 0 bridgehead atoms. The summed E-state index contributed by atoms with van der Waals surface area (Å²) in [4.78, 5) is 0.330. The number of sulfone groups is 1. The Morgan fingerprint density at radius 1 is 1.36 bits per heavy atom. The number of hydrogen-bond acceptors (Lipinski definition) is 4. The third-order valence-electron chi connectivity index (χ3n) is 2.15. The van der Waals surface area contributed by atoms with Crippen molar-refractivity contribution in [1.29, 1.82) is 0 Å². The van der Waals surface area contributed by atoms with E-state index in [1.54, 1.807) is 6.07 Å². The van der Waals surface area contributed by atoms with E-state index in [-0.39, 0.29) is 22.1 Å². The van der Waals surface area contributed by atoms with Crippen LogP contribution >= 0.6 is 0 Å². The average molecular weight is 211 g/mol. The quantitative estimate of drug-likeness (QED) is 0.708. The Morgan fingerprint density at radius 2 is 2.07 bits per heavy atom. The summed E-state index contributed by atoms with van der Waals surface area (Å²) >= 11 is 0. The van der Waals surface area contributed by atoms with E-state index in [1.807, 2.05) is 0 Å². The first kappa shape index (κ1) is 9.23. The van der Waals surface area contributed by atoms with Crippen LogP contribution in [0.4, 0.5) is 0 Å². The molecule has 0 radical (unpaired) electrons. The molecule has 4 nitrogen and oxygen atoms in total. The van der Waals surface area contributed by atoms with Crippen molar-refractivity contribution < 1.29 is 13.5 Å². The molecule has 1 heterocycles. The first-order valence-electron chi connectivity index (χ1n) is 4.04. The molecule has 1 aromatic rings. The fourth-order valence-electron chi connectivity index (χ4n) is 1.44. The van der Waals surface area contributed by atoms with E-state index in [9.17, 15) is 8.42 Å². The number of benzene rings is 1. The van der Waals surface area contributed by atoms with Gasteiger partial charge in [-0.1, -0.05) is 0 Å². The lowest BCUT2D eigenvalue weighted by atomic mass is 10.2. The summed E-state index contributed by atoms with van der Waals surface area (Å²) in [5, 5.41) is 9.17. The lowest BCUT2D eigenvalue weighted by molar-refractivity contribution is 0.473. The summed E-state index contributed by atoms with van der Waals surface area (Å²) in [5.41, 5.74) is 5.90. The number of phenols is 1. The highest BCUT2D eigenvalue weighted by molar-refractivity contribution is 7.95. The third kappa shape index (κ3) is 1.13. The summed E-state index contributed by atoms with van der Waals surface area (Å²) < 4.78 is 23.4. The Bertz CT molecular complexity index is 517. The van der Waals surface area contributed by atoms with Crippen LogP contribution in [0.2, 0.25) is 0 Å². The van der Waals surface area contributed by atoms with E-state index in [2.05, 4.69) is 0 Å². The molecule has 1 aromatic carbocycles. The number of rotatable bonds is 1. The molecule has 1 aliphatic rings. The first-order chi connectivity index (χ1) is 6.55. The summed E-state index contributed by atoms with van der Waals surface area (Å²) in [5.74, 6) is -0.0565. The molecular weight excluding hydrogens is 202 g/mol. The molecule has 14 heavy (non-hydrogen) atoms. The molecule has 0 aliphatic carbocycles. The van der Waals surface area contributed by atoms with Gasteiger partial charge >= 0.3 is 0 Å². The largest absolute Gasteiger partial charge is 0.508 e. The molecule has 0 spiro atoms. The molecule has 3 N–H and O–H groups in total. The zero-order valence-corrected chi connectivity index (χ0v) is 8.08. The normalized spacial score (nSPS) is 17.6. The van der Waals surface area contributed by atoms with Gasteiger partial charge in [0.25, 0.3) is 0 Å². The fraction of sp³-hybridized carbons (Fsp3) is 0.111. The Kier molecular flexibility index (Phi) is 1.87. The molecule has 2 rings (SSSR count). The Morgan fingerprint density at radius 3 is 2.71 bits per heavy atom. The van der Waals surface area contributed by atoms with Gasteiger partial charge in [-0.2, -0.15) is 0 Å². The Balaban J connectivity index is 2.71. The molecule has 5 heteroatoms. The number of hydrogen-bond donors (Lipinski definition) is 2. The van der Waals surface area contributed by atoms with Crippen molar-refractivity contribution in [1.82, 2.24) is 0 Å². The van der Waals surface area contributed by atoms with E-state index in [0.717, 1.165) is 0 Å². The van der Waals surface area contributed by atoms with E-state index >= 15 is 0 Å². The van der Waals surface area contributed by atoms with Crippen molar-refractivity contribution in [3.8, 4) is 5.75 Å². The second-order valence-electron chi connectivity index (χ2n) is 3.04. The van der Waals surface area contributed by atoms with E-state index in [0.29, 0.717) is 5.56 Å². The third-order valence-corrected chi connectivity index (χ3v) is 4.06. The van der Waals surface area contributed by atoms with Crippen LogP contribution in [0.1, 0.15) is 5.56 Å². The minimum absolute atomic E-state index is 0.0161. The summed E-state index contributed by atoms with van der Waals surface area (Å²) in [7, 11) is -3.44. The Labute approximate surface area is 81.6 Å². The average Bonchev–Trinajstić information content (AvgIpc) is 2.38. The molecule has 0 unspecified atom stereocenters. The van der Waals surface area contributed by atoms with Gasteiger partial charge in [0.1, 0.15) is 5.75 Å². The van der Waals surface area contributed by atoms with Crippen LogP contribution in [0.3, 0.4) is 0 Å². The molecule has 0 atom stereocenters. The number of fused-ring (bicyclic) bond motifs is 1. The predicted octanol–water partition coefficient (Wildman–Crippen LogP) is 0.479. The maximum atomic E-state index is 11.7. The van der Waals surface area contributed by atoms with Crippen molar-refractivity contribution in [3.05, 3.63) is 28.7 Å². The molecular formula is C9H9NO3S. The van der Waals surface area contributed by atoms with Gasteiger partial charge in [-0.25, -0.2) is 8.42 Å². The number of aromatic hydroxyl groups is 1. The maximum Gasteiger partial charge on any atom is 0.204 e.